The van der Waals surface area contributed by atoms with Gasteiger partial charge in [-0.1, -0.05) is 36.4 Å². The van der Waals surface area contributed by atoms with Crippen molar-refractivity contribution >= 4 is 21.8 Å². The summed E-state index contributed by atoms with van der Waals surface area (Å²) in [7, 11) is -2.09. The molecule has 2 amide bonds. The molecule has 1 unspecified atom stereocenters. The number of carbonyl (C=O) groups is 2. The molecular weight excluding hydrogens is 430 g/mol. The first-order valence-electron chi connectivity index (χ1n) is 10.6. The zero-order valence-electron chi connectivity index (χ0n) is 18.3. The van der Waals surface area contributed by atoms with Gasteiger partial charge >= 0.3 is 0 Å². The fourth-order valence-electron chi connectivity index (χ4n) is 3.70. The highest BCUT2D eigenvalue weighted by atomic mass is 32.2. The second-order valence-corrected chi connectivity index (χ2v) is 9.71. The number of carbonyl (C=O) groups excluding carboxylic acids is 2. The van der Waals surface area contributed by atoms with Gasteiger partial charge in [0, 0.05) is 25.2 Å². The van der Waals surface area contributed by atoms with Crippen LogP contribution in [-0.2, 0) is 26.2 Å². The molecule has 8 nitrogen and oxygen atoms in total. The number of benzene rings is 2. The first kappa shape index (κ1) is 23.7. The summed E-state index contributed by atoms with van der Waals surface area (Å²) in [4.78, 5) is 25.4. The Hall–Kier alpha value is -2.91. The van der Waals surface area contributed by atoms with Gasteiger partial charge in [-0.3, -0.25) is 9.59 Å². The van der Waals surface area contributed by atoms with Crippen LogP contribution >= 0.6 is 0 Å². The lowest BCUT2D eigenvalue weighted by Crippen LogP contribution is -2.50. The lowest BCUT2D eigenvalue weighted by molar-refractivity contribution is -0.131. The maximum atomic E-state index is 12.9. The highest BCUT2D eigenvalue weighted by Gasteiger charge is 2.34. The largest absolute Gasteiger partial charge is 0.496 e. The van der Waals surface area contributed by atoms with Crippen LogP contribution in [0.2, 0.25) is 0 Å². The Morgan fingerprint density at radius 3 is 2.53 bits per heavy atom. The van der Waals surface area contributed by atoms with Crippen molar-refractivity contribution in [1.29, 1.82) is 0 Å². The minimum absolute atomic E-state index is 0.0958. The SMILES string of the molecule is COc1ccccc1CNC(=O)[C@@H](C)NC(=O)C1CCCN(S(=O)(=O)c2ccccc2)C1. The van der Waals surface area contributed by atoms with Crippen molar-refractivity contribution in [3.63, 3.8) is 0 Å². The van der Waals surface area contributed by atoms with E-state index in [0.717, 1.165) is 5.56 Å². The summed E-state index contributed by atoms with van der Waals surface area (Å²) in [5.41, 5.74) is 0.830. The minimum Gasteiger partial charge on any atom is -0.496 e. The molecule has 0 aromatic heterocycles. The number of piperidine rings is 1. The summed E-state index contributed by atoms with van der Waals surface area (Å²) in [6.07, 6.45) is 1.15. The first-order chi connectivity index (χ1) is 15.3. The molecule has 9 heteroatoms. The molecule has 0 bridgehead atoms. The summed E-state index contributed by atoms with van der Waals surface area (Å²) in [5.74, 6) is -0.482. The summed E-state index contributed by atoms with van der Waals surface area (Å²) in [5, 5.41) is 5.52. The lowest BCUT2D eigenvalue weighted by atomic mass is 9.98. The van der Waals surface area contributed by atoms with Gasteiger partial charge in [-0.15, -0.1) is 0 Å². The molecule has 1 fully saturated rings. The van der Waals surface area contributed by atoms with Crippen LogP contribution in [0.3, 0.4) is 0 Å². The Bertz CT molecular complexity index is 1040. The average molecular weight is 460 g/mol. The highest BCUT2D eigenvalue weighted by molar-refractivity contribution is 7.89. The third-order valence-electron chi connectivity index (χ3n) is 5.53. The number of nitrogens with one attached hydrogen (secondary N) is 2. The summed E-state index contributed by atoms with van der Waals surface area (Å²) >= 11 is 0. The minimum atomic E-state index is -3.66. The highest BCUT2D eigenvalue weighted by Crippen LogP contribution is 2.24. The second-order valence-electron chi connectivity index (χ2n) is 7.78. The van der Waals surface area contributed by atoms with Crippen molar-refractivity contribution in [3.05, 3.63) is 60.2 Å². The van der Waals surface area contributed by atoms with E-state index in [1.807, 2.05) is 24.3 Å². The topological polar surface area (TPSA) is 105 Å². The van der Waals surface area contributed by atoms with E-state index < -0.39 is 22.0 Å². The quantitative estimate of drug-likeness (QED) is 0.628. The zero-order valence-corrected chi connectivity index (χ0v) is 19.1. The molecular formula is C23H29N3O5S. The monoisotopic (exact) mass is 459 g/mol. The van der Waals surface area contributed by atoms with Crippen molar-refractivity contribution < 1.29 is 22.7 Å². The number of hydrogen-bond donors (Lipinski definition) is 2. The Kier molecular flexibility index (Phi) is 7.87. The lowest BCUT2D eigenvalue weighted by Gasteiger charge is -2.31. The maximum Gasteiger partial charge on any atom is 0.243 e. The molecule has 172 valence electrons. The number of rotatable bonds is 8. The van der Waals surface area contributed by atoms with E-state index in [1.54, 1.807) is 44.4 Å². The number of amides is 2. The molecule has 1 heterocycles. The molecule has 0 spiro atoms. The Morgan fingerprint density at radius 2 is 1.81 bits per heavy atom. The van der Waals surface area contributed by atoms with Crippen LogP contribution in [0.5, 0.6) is 5.75 Å². The molecule has 2 atom stereocenters. The van der Waals surface area contributed by atoms with Crippen molar-refractivity contribution in [2.45, 2.75) is 37.2 Å². The Balaban J connectivity index is 1.56. The number of nitrogens with zero attached hydrogens (tertiary/aromatic N) is 1. The van der Waals surface area contributed by atoms with Crippen LogP contribution in [0.25, 0.3) is 0 Å². The van der Waals surface area contributed by atoms with Gasteiger partial charge in [-0.25, -0.2) is 8.42 Å². The average Bonchev–Trinajstić information content (AvgIpc) is 2.83. The van der Waals surface area contributed by atoms with Crippen LogP contribution < -0.4 is 15.4 Å². The molecule has 1 saturated heterocycles. The molecule has 32 heavy (non-hydrogen) atoms. The fraction of sp³-hybridized carbons (Fsp3) is 0.391. The van der Waals surface area contributed by atoms with Gasteiger partial charge in [0.2, 0.25) is 21.8 Å². The van der Waals surface area contributed by atoms with Crippen LogP contribution in [0.4, 0.5) is 0 Å². The number of hydrogen-bond acceptors (Lipinski definition) is 5. The summed E-state index contributed by atoms with van der Waals surface area (Å²) in [6, 6.07) is 14.8. The number of ether oxygens (including phenoxy) is 1. The van der Waals surface area contributed by atoms with E-state index >= 15 is 0 Å². The van der Waals surface area contributed by atoms with Gasteiger partial charge in [-0.05, 0) is 38.0 Å². The van der Waals surface area contributed by atoms with Gasteiger partial charge in [-0.2, -0.15) is 4.31 Å². The van der Waals surface area contributed by atoms with Gasteiger partial charge < -0.3 is 15.4 Å². The first-order valence-corrected chi connectivity index (χ1v) is 12.0. The third-order valence-corrected chi connectivity index (χ3v) is 7.41. The van der Waals surface area contributed by atoms with Crippen molar-refractivity contribution in [2.75, 3.05) is 20.2 Å². The van der Waals surface area contributed by atoms with Gasteiger partial charge in [0.15, 0.2) is 0 Å². The molecule has 2 N–H and O–H groups in total. The van der Waals surface area contributed by atoms with Crippen molar-refractivity contribution in [3.8, 4) is 5.75 Å². The predicted octanol–water partition coefficient (Wildman–Crippen LogP) is 1.92. The van der Waals surface area contributed by atoms with E-state index in [-0.39, 0.29) is 29.8 Å². The molecule has 1 aliphatic rings. The molecule has 0 aliphatic carbocycles. The molecule has 3 rings (SSSR count). The van der Waals surface area contributed by atoms with Crippen LogP contribution in [0, 0.1) is 5.92 Å². The summed E-state index contributed by atoms with van der Waals surface area (Å²) in [6.45, 7) is 2.35. The third kappa shape index (κ3) is 5.66. The van der Waals surface area contributed by atoms with Crippen LogP contribution in [0.15, 0.2) is 59.5 Å². The van der Waals surface area contributed by atoms with Crippen molar-refractivity contribution in [1.82, 2.24) is 14.9 Å². The number of sulfonamides is 1. The normalized spacial score (nSPS) is 17.9. The van der Waals surface area contributed by atoms with Crippen LogP contribution in [0.1, 0.15) is 25.3 Å². The van der Waals surface area contributed by atoms with Gasteiger partial charge in [0.05, 0.1) is 17.9 Å². The molecule has 2 aromatic rings. The van der Waals surface area contributed by atoms with E-state index in [9.17, 15) is 18.0 Å². The molecule has 1 aliphatic heterocycles. The van der Waals surface area contributed by atoms with E-state index in [0.29, 0.717) is 25.1 Å². The predicted molar refractivity (Wildman–Crippen MR) is 120 cm³/mol. The van der Waals surface area contributed by atoms with E-state index in [4.69, 9.17) is 4.74 Å². The second kappa shape index (κ2) is 10.6. The van der Waals surface area contributed by atoms with E-state index in [1.165, 1.54) is 4.31 Å². The molecule has 0 saturated carbocycles. The molecule has 0 radical (unpaired) electrons. The van der Waals surface area contributed by atoms with Gasteiger partial charge in [0.1, 0.15) is 11.8 Å². The fourth-order valence-corrected chi connectivity index (χ4v) is 5.24. The Labute approximate surface area is 189 Å². The van der Waals surface area contributed by atoms with Crippen molar-refractivity contribution in [2.24, 2.45) is 5.92 Å². The number of para-hydroxylation sites is 1. The van der Waals surface area contributed by atoms with Gasteiger partial charge in [0.25, 0.3) is 0 Å². The zero-order chi connectivity index (χ0) is 23.1. The maximum absolute atomic E-state index is 12.9. The van der Waals surface area contributed by atoms with E-state index in [2.05, 4.69) is 10.6 Å². The number of methoxy groups -OCH3 is 1. The smallest absolute Gasteiger partial charge is 0.243 e. The summed E-state index contributed by atoms with van der Waals surface area (Å²) < 4.78 is 32.4. The standard InChI is InChI=1S/C23H29N3O5S/c1-17(22(27)24-15-18-9-6-7-13-21(18)31-2)25-23(28)19-10-8-14-26(16-19)32(29,30)20-11-4-3-5-12-20/h3-7,9,11-13,17,19H,8,10,14-16H2,1-2H3,(H,24,27)(H,25,28)/t17-,19?/m1/s1. The Morgan fingerprint density at radius 1 is 1.12 bits per heavy atom. The van der Waals surface area contributed by atoms with Crippen LogP contribution in [-0.4, -0.2) is 50.8 Å². The molecule has 2 aromatic carbocycles.